The lowest BCUT2D eigenvalue weighted by atomic mass is 9.95. The zero-order valence-corrected chi connectivity index (χ0v) is 12.3. The van der Waals surface area contributed by atoms with Gasteiger partial charge in [0, 0.05) is 17.2 Å². The lowest BCUT2D eigenvalue weighted by molar-refractivity contribution is 0.462. The van der Waals surface area contributed by atoms with E-state index in [0.29, 0.717) is 6.04 Å². The van der Waals surface area contributed by atoms with Gasteiger partial charge in [0.05, 0.1) is 5.69 Å². The van der Waals surface area contributed by atoms with Crippen LogP contribution in [0.2, 0.25) is 0 Å². The summed E-state index contributed by atoms with van der Waals surface area (Å²) in [5.74, 6) is 6.56. The van der Waals surface area contributed by atoms with Crippen molar-refractivity contribution in [1.82, 2.24) is 0 Å². The average molecular weight is 275 g/mol. The molecule has 2 aromatic carbocycles. The van der Waals surface area contributed by atoms with Crippen molar-refractivity contribution in [2.45, 2.75) is 38.1 Å². The Labute approximate surface area is 127 Å². The maximum atomic E-state index is 3.68. The average Bonchev–Trinajstić information content (AvgIpc) is 2.56. The molecule has 0 aromatic heterocycles. The molecule has 0 bridgehead atoms. The molecule has 0 radical (unpaired) electrons. The van der Waals surface area contributed by atoms with Gasteiger partial charge in [-0.15, -0.1) is 0 Å². The number of benzene rings is 2. The zero-order valence-electron chi connectivity index (χ0n) is 12.3. The highest BCUT2D eigenvalue weighted by Gasteiger charge is 2.13. The van der Waals surface area contributed by atoms with Crippen molar-refractivity contribution in [3.63, 3.8) is 0 Å². The summed E-state index contributed by atoms with van der Waals surface area (Å²) in [5.41, 5.74) is 3.32. The Hall–Kier alpha value is -2.20. The molecule has 0 unspecified atom stereocenters. The summed E-state index contributed by atoms with van der Waals surface area (Å²) in [6.07, 6.45) is 6.62. The van der Waals surface area contributed by atoms with Gasteiger partial charge in [-0.3, -0.25) is 0 Å². The van der Waals surface area contributed by atoms with Crippen molar-refractivity contribution in [1.29, 1.82) is 0 Å². The standard InChI is InChI=1S/C20H21N/c1-3-9-17(10-4-1)15-16-18-11-7-8-14-20(18)21-19-12-5-2-6-13-19/h1,3-4,7-11,14,19,21H,2,5-6,12-13H2. The Morgan fingerprint density at radius 3 is 2.29 bits per heavy atom. The summed E-state index contributed by atoms with van der Waals surface area (Å²) in [4.78, 5) is 0. The van der Waals surface area contributed by atoms with E-state index in [1.807, 2.05) is 30.3 Å². The summed E-state index contributed by atoms with van der Waals surface area (Å²) in [6, 6.07) is 19.1. The van der Waals surface area contributed by atoms with Gasteiger partial charge in [0.15, 0.2) is 0 Å². The Morgan fingerprint density at radius 1 is 0.762 bits per heavy atom. The molecule has 1 aliphatic rings. The van der Waals surface area contributed by atoms with Crippen LogP contribution in [-0.4, -0.2) is 6.04 Å². The van der Waals surface area contributed by atoms with E-state index in [4.69, 9.17) is 0 Å². The fraction of sp³-hybridized carbons (Fsp3) is 0.300. The zero-order chi connectivity index (χ0) is 14.3. The van der Waals surface area contributed by atoms with E-state index in [-0.39, 0.29) is 0 Å². The number of rotatable bonds is 2. The minimum absolute atomic E-state index is 0.610. The second-order valence-electron chi connectivity index (χ2n) is 5.64. The molecule has 21 heavy (non-hydrogen) atoms. The van der Waals surface area contributed by atoms with E-state index < -0.39 is 0 Å². The highest BCUT2D eigenvalue weighted by molar-refractivity contribution is 5.60. The van der Waals surface area contributed by atoms with Gasteiger partial charge in [-0.25, -0.2) is 0 Å². The molecule has 2 aromatic rings. The normalized spacial score (nSPS) is 15.0. The van der Waals surface area contributed by atoms with Crippen molar-refractivity contribution in [2.75, 3.05) is 5.32 Å². The summed E-state index contributed by atoms with van der Waals surface area (Å²) in [7, 11) is 0. The van der Waals surface area contributed by atoms with Crippen LogP contribution < -0.4 is 5.32 Å². The van der Waals surface area contributed by atoms with Gasteiger partial charge in [-0.1, -0.05) is 61.4 Å². The van der Waals surface area contributed by atoms with E-state index in [0.717, 1.165) is 11.1 Å². The van der Waals surface area contributed by atoms with Gasteiger partial charge in [-0.05, 0) is 37.1 Å². The van der Waals surface area contributed by atoms with Crippen molar-refractivity contribution in [2.24, 2.45) is 0 Å². The smallest absolute Gasteiger partial charge is 0.0501 e. The first-order valence-corrected chi connectivity index (χ1v) is 7.84. The van der Waals surface area contributed by atoms with Crippen LogP contribution in [0.5, 0.6) is 0 Å². The van der Waals surface area contributed by atoms with Crippen LogP contribution >= 0.6 is 0 Å². The third-order valence-corrected chi connectivity index (χ3v) is 4.01. The monoisotopic (exact) mass is 275 g/mol. The summed E-state index contributed by atoms with van der Waals surface area (Å²) in [5, 5.41) is 3.68. The minimum atomic E-state index is 0.610. The molecule has 1 saturated carbocycles. The maximum absolute atomic E-state index is 3.68. The second-order valence-corrected chi connectivity index (χ2v) is 5.64. The molecular weight excluding hydrogens is 254 g/mol. The van der Waals surface area contributed by atoms with Crippen LogP contribution in [0.4, 0.5) is 5.69 Å². The van der Waals surface area contributed by atoms with E-state index in [2.05, 4.69) is 41.4 Å². The van der Waals surface area contributed by atoms with Gasteiger partial charge in [0.1, 0.15) is 0 Å². The van der Waals surface area contributed by atoms with Gasteiger partial charge >= 0.3 is 0 Å². The van der Waals surface area contributed by atoms with Gasteiger partial charge < -0.3 is 5.32 Å². The molecular formula is C20H21N. The van der Waals surface area contributed by atoms with Crippen molar-refractivity contribution in [3.8, 4) is 11.8 Å². The van der Waals surface area contributed by atoms with E-state index in [1.54, 1.807) is 0 Å². The molecule has 0 amide bonds. The predicted molar refractivity (Wildman–Crippen MR) is 89.4 cm³/mol. The first-order chi connectivity index (χ1) is 10.4. The largest absolute Gasteiger partial charge is 0.381 e. The molecule has 1 nitrogen and oxygen atoms in total. The van der Waals surface area contributed by atoms with Gasteiger partial charge in [-0.2, -0.15) is 0 Å². The Morgan fingerprint density at radius 2 is 1.48 bits per heavy atom. The van der Waals surface area contributed by atoms with Crippen LogP contribution in [-0.2, 0) is 0 Å². The minimum Gasteiger partial charge on any atom is -0.381 e. The molecule has 0 atom stereocenters. The van der Waals surface area contributed by atoms with E-state index >= 15 is 0 Å². The summed E-state index contributed by atoms with van der Waals surface area (Å²) in [6.45, 7) is 0. The molecule has 0 spiro atoms. The van der Waals surface area contributed by atoms with Crippen LogP contribution in [0.25, 0.3) is 0 Å². The van der Waals surface area contributed by atoms with Gasteiger partial charge in [0.25, 0.3) is 0 Å². The van der Waals surface area contributed by atoms with E-state index in [1.165, 1.54) is 37.8 Å². The molecule has 1 aliphatic carbocycles. The molecule has 1 fully saturated rings. The summed E-state index contributed by atoms with van der Waals surface area (Å²) >= 11 is 0. The summed E-state index contributed by atoms with van der Waals surface area (Å²) < 4.78 is 0. The fourth-order valence-electron chi connectivity index (χ4n) is 2.85. The van der Waals surface area contributed by atoms with Crippen molar-refractivity contribution in [3.05, 3.63) is 65.7 Å². The molecule has 3 rings (SSSR count). The Kier molecular flexibility index (Phi) is 4.59. The quantitative estimate of drug-likeness (QED) is 0.774. The molecule has 0 saturated heterocycles. The molecule has 106 valence electrons. The molecule has 0 aliphatic heterocycles. The number of anilines is 1. The van der Waals surface area contributed by atoms with E-state index in [9.17, 15) is 0 Å². The Bertz CT molecular complexity index is 628. The first-order valence-electron chi connectivity index (χ1n) is 7.84. The number of hydrogen-bond acceptors (Lipinski definition) is 1. The Balaban J connectivity index is 1.78. The number of hydrogen-bond donors (Lipinski definition) is 1. The van der Waals surface area contributed by atoms with Gasteiger partial charge in [0.2, 0.25) is 0 Å². The van der Waals surface area contributed by atoms with Crippen LogP contribution in [0.1, 0.15) is 43.2 Å². The van der Waals surface area contributed by atoms with Crippen LogP contribution in [0.3, 0.4) is 0 Å². The lowest BCUT2D eigenvalue weighted by Gasteiger charge is -2.24. The molecule has 1 N–H and O–H groups in total. The third kappa shape index (κ3) is 3.89. The second kappa shape index (κ2) is 6.99. The van der Waals surface area contributed by atoms with Crippen molar-refractivity contribution >= 4 is 5.69 Å². The first kappa shape index (κ1) is 13.8. The number of para-hydroxylation sites is 1. The highest BCUT2D eigenvalue weighted by atomic mass is 14.9. The lowest BCUT2D eigenvalue weighted by Crippen LogP contribution is -2.22. The maximum Gasteiger partial charge on any atom is 0.0501 e. The molecule has 1 heteroatoms. The van der Waals surface area contributed by atoms with Crippen molar-refractivity contribution < 1.29 is 0 Å². The fourth-order valence-corrected chi connectivity index (χ4v) is 2.85. The SMILES string of the molecule is C(#Cc1ccccc1NC1CCCCC1)c1ccccc1. The number of nitrogens with one attached hydrogen (secondary N) is 1. The van der Waals surface area contributed by atoms with Crippen LogP contribution in [0.15, 0.2) is 54.6 Å². The third-order valence-electron chi connectivity index (χ3n) is 4.01. The highest BCUT2D eigenvalue weighted by Crippen LogP contribution is 2.23. The predicted octanol–water partition coefficient (Wildman–Crippen LogP) is 4.83. The topological polar surface area (TPSA) is 12.0 Å². The molecule has 0 heterocycles. The van der Waals surface area contributed by atoms with Crippen LogP contribution in [0, 0.1) is 11.8 Å².